The Morgan fingerprint density at radius 3 is 2.65 bits per heavy atom. The Labute approximate surface area is 124 Å². The highest BCUT2D eigenvalue weighted by molar-refractivity contribution is 6.30. The summed E-state index contributed by atoms with van der Waals surface area (Å²) < 4.78 is 0. The van der Waals surface area contributed by atoms with Gasteiger partial charge in [-0.2, -0.15) is 0 Å². The van der Waals surface area contributed by atoms with Crippen molar-refractivity contribution in [2.45, 2.75) is 19.8 Å². The maximum atomic E-state index is 12.0. The smallest absolute Gasteiger partial charge is 0.251 e. The third-order valence-corrected chi connectivity index (χ3v) is 3.93. The Hall–Kier alpha value is -1.55. The van der Waals surface area contributed by atoms with Gasteiger partial charge >= 0.3 is 0 Å². The number of halogens is 1. The van der Waals surface area contributed by atoms with E-state index in [2.05, 4.69) is 5.32 Å². The Balaban J connectivity index is 1.79. The quantitative estimate of drug-likeness (QED) is 0.930. The molecule has 4 nitrogen and oxygen atoms in total. The molecule has 1 aromatic rings. The van der Waals surface area contributed by atoms with Gasteiger partial charge in [0.05, 0.1) is 0 Å². The fraction of sp³-hybridized carbons (Fsp3) is 0.467. The van der Waals surface area contributed by atoms with Crippen LogP contribution in [0.1, 0.15) is 30.1 Å². The summed E-state index contributed by atoms with van der Waals surface area (Å²) in [6, 6.07) is 6.92. The minimum absolute atomic E-state index is 0.0958. The van der Waals surface area contributed by atoms with E-state index >= 15 is 0 Å². The van der Waals surface area contributed by atoms with Gasteiger partial charge in [0.1, 0.15) is 0 Å². The fourth-order valence-electron chi connectivity index (χ4n) is 2.42. The van der Waals surface area contributed by atoms with E-state index in [1.165, 1.54) is 0 Å². The highest BCUT2D eigenvalue weighted by Crippen LogP contribution is 2.17. The van der Waals surface area contributed by atoms with Crippen molar-refractivity contribution < 1.29 is 9.59 Å². The summed E-state index contributed by atoms with van der Waals surface area (Å²) in [4.78, 5) is 25.1. The molecule has 1 aliphatic rings. The third-order valence-electron chi connectivity index (χ3n) is 3.70. The lowest BCUT2D eigenvalue weighted by molar-refractivity contribution is -0.130. The number of hydrogen-bond acceptors (Lipinski definition) is 2. The Kier molecular flexibility index (Phi) is 5.01. The fourth-order valence-corrected chi connectivity index (χ4v) is 2.61. The topological polar surface area (TPSA) is 49.4 Å². The van der Waals surface area contributed by atoms with Gasteiger partial charge in [0, 0.05) is 37.1 Å². The molecule has 0 atom stereocenters. The molecule has 0 saturated carbocycles. The summed E-state index contributed by atoms with van der Waals surface area (Å²) in [7, 11) is 0. The molecule has 1 fully saturated rings. The number of benzene rings is 1. The molecular formula is C15H19ClN2O2. The van der Waals surface area contributed by atoms with Gasteiger partial charge in [-0.3, -0.25) is 9.59 Å². The third kappa shape index (κ3) is 3.97. The van der Waals surface area contributed by atoms with Crippen molar-refractivity contribution in [3.8, 4) is 0 Å². The van der Waals surface area contributed by atoms with Gasteiger partial charge in [0.2, 0.25) is 5.91 Å². The lowest BCUT2D eigenvalue weighted by Gasteiger charge is -2.31. The lowest BCUT2D eigenvalue weighted by Crippen LogP contribution is -2.40. The van der Waals surface area contributed by atoms with Gasteiger partial charge in [-0.15, -0.1) is 0 Å². The van der Waals surface area contributed by atoms with E-state index in [1.807, 2.05) is 4.90 Å². The zero-order valence-electron chi connectivity index (χ0n) is 11.6. The average Bonchev–Trinajstić information content (AvgIpc) is 2.45. The van der Waals surface area contributed by atoms with Crippen molar-refractivity contribution in [2.75, 3.05) is 19.6 Å². The van der Waals surface area contributed by atoms with Crippen LogP contribution in [-0.2, 0) is 4.79 Å². The summed E-state index contributed by atoms with van der Waals surface area (Å²) in [6.45, 7) is 3.82. The molecule has 1 N–H and O–H groups in total. The highest BCUT2D eigenvalue weighted by Gasteiger charge is 2.21. The molecule has 108 valence electrons. The van der Waals surface area contributed by atoms with Gasteiger partial charge in [-0.1, -0.05) is 17.7 Å². The summed E-state index contributed by atoms with van der Waals surface area (Å²) in [5.41, 5.74) is 0.582. The number of piperidine rings is 1. The van der Waals surface area contributed by atoms with E-state index in [4.69, 9.17) is 11.6 Å². The molecule has 1 aliphatic heterocycles. The second-order valence-corrected chi connectivity index (χ2v) is 5.61. The number of amides is 2. The van der Waals surface area contributed by atoms with Gasteiger partial charge in [-0.05, 0) is 37.0 Å². The number of nitrogens with zero attached hydrogens (tertiary/aromatic N) is 1. The maximum Gasteiger partial charge on any atom is 0.251 e. The summed E-state index contributed by atoms with van der Waals surface area (Å²) in [5.74, 6) is 0.474. The minimum Gasteiger partial charge on any atom is -0.352 e. The molecule has 2 amide bonds. The molecule has 1 saturated heterocycles. The Morgan fingerprint density at radius 1 is 1.35 bits per heavy atom. The number of rotatable bonds is 3. The van der Waals surface area contributed by atoms with Crippen molar-refractivity contribution in [2.24, 2.45) is 5.92 Å². The first kappa shape index (κ1) is 14.9. The molecule has 0 radical (unpaired) electrons. The largest absolute Gasteiger partial charge is 0.352 e. The lowest BCUT2D eigenvalue weighted by atomic mass is 9.96. The second-order valence-electron chi connectivity index (χ2n) is 5.17. The Morgan fingerprint density at radius 2 is 2.05 bits per heavy atom. The molecule has 1 heterocycles. The molecule has 0 unspecified atom stereocenters. The van der Waals surface area contributed by atoms with Crippen molar-refractivity contribution >= 4 is 23.4 Å². The number of hydrogen-bond donors (Lipinski definition) is 1. The predicted molar refractivity (Wildman–Crippen MR) is 78.8 cm³/mol. The molecule has 0 bridgehead atoms. The van der Waals surface area contributed by atoms with E-state index in [-0.39, 0.29) is 11.8 Å². The van der Waals surface area contributed by atoms with Crippen LogP contribution in [0.3, 0.4) is 0 Å². The van der Waals surface area contributed by atoms with Gasteiger partial charge in [-0.25, -0.2) is 0 Å². The molecule has 0 aliphatic carbocycles. The maximum absolute atomic E-state index is 12.0. The standard InChI is InChI=1S/C15H19ClN2O2/c1-11(19)18-7-5-12(6-8-18)10-17-15(20)13-3-2-4-14(16)9-13/h2-4,9,12H,5-8,10H2,1H3,(H,17,20). The van der Waals surface area contributed by atoms with E-state index < -0.39 is 0 Å². The van der Waals surface area contributed by atoms with E-state index in [0.717, 1.165) is 25.9 Å². The average molecular weight is 295 g/mol. The minimum atomic E-state index is -0.0958. The van der Waals surface area contributed by atoms with Gasteiger partial charge in [0.15, 0.2) is 0 Å². The van der Waals surface area contributed by atoms with Crippen molar-refractivity contribution in [3.63, 3.8) is 0 Å². The zero-order chi connectivity index (χ0) is 14.5. The van der Waals surface area contributed by atoms with Crippen molar-refractivity contribution in [1.29, 1.82) is 0 Å². The Bertz CT molecular complexity index is 496. The second kappa shape index (κ2) is 6.75. The van der Waals surface area contributed by atoms with Crippen LogP contribution in [0, 0.1) is 5.92 Å². The zero-order valence-corrected chi connectivity index (χ0v) is 12.3. The van der Waals surface area contributed by atoms with Crippen LogP contribution < -0.4 is 5.32 Å². The van der Waals surface area contributed by atoms with Gasteiger partial charge in [0.25, 0.3) is 5.91 Å². The first-order valence-electron chi connectivity index (χ1n) is 6.85. The SMILES string of the molecule is CC(=O)N1CCC(CNC(=O)c2cccc(Cl)c2)CC1. The first-order chi connectivity index (χ1) is 9.56. The predicted octanol–water partition coefficient (Wildman–Crippen LogP) is 2.33. The summed E-state index contributed by atoms with van der Waals surface area (Å²) in [6.07, 6.45) is 1.88. The van der Waals surface area contributed by atoms with Crippen LogP contribution in [0.15, 0.2) is 24.3 Å². The van der Waals surface area contributed by atoms with E-state index in [1.54, 1.807) is 31.2 Å². The number of carbonyl (C=O) groups excluding carboxylic acids is 2. The molecule has 20 heavy (non-hydrogen) atoms. The summed E-state index contributed by atoms with van der Waals surface area (Å²) >= 11 is 5.87. The van der Waals surface area contributed by atoms with Crippen LogP contribution in [0.25, 0.3) is 0 Å². The van der Waals surface area contributed by atoms with Crippen LogP contribution in [0.2, 0.25) is 5.02 Å². The summed E-state index contributed by atoms with van der Waals surface area (Å²) in [5, 5.41) is 3.50. The molecule has 0 aromatic heterocycles. The molecule has 2 rings (SSSR count). The van der Waals surface area contributed by atoms with Crippen LogP contribution in [0.4, 0.5) is 0 Å². The van der Waals surface area contributed by atoms with Crippen molar-refractivity contribution in [3.05, 3.63) is 34.9 Å². The van der Waals surface area contributed by atoms with Crippen LogP contribution in [0.5, 0.6) is 0 Å². The van der Waals surface area contributed by atoms with Gasteiger partial charge < -0.3 is 10.2 Å². The number of carbonyl (C=O) groups is 2. The van der Waals surface area contributed by atoms with E-state index in [9.17, 15) is 9.59 Å². The van der Waals surface area contributed by atoms with E-state index in [0.29, 0.717) is 23.0 Å². The first-order valence-corrected chi connectivity index (χ1v) is 7.23. The number of likely N-dealkylation sites (tertiary alicyclic amines) is 1. The van der Waals surface area contributed by atoms with Crippen LogP contribution >= 0.6 is 11.6 Å². The molecule has 0 spiro atoms. The molecule has 1 aromatic carbocycles. The monoisotopic (exact) mass is 294 g/mol. The molecular weight excluding hydrogens is 276 g/mol. The van der Waals surface area contributed by atoms with Crippen molar-refractivity contribution in [1.82, 2.24) is 10.2 Å². The molecule has 5 heteroatoms. The van der Waals surface area contributed by atoms with Crippen LogP contribution in [-0.4, -0.2) is 36.3 Å². The number of nitrogens with one attached hydrogen (secondary N) is 1. The normalized spacial score (nSPS) is 16.0. The highest BCUT2D eigenvalue weighted by atomic mass is 35.5.